The Morgan fingerprint density at radius 2 is 2.08 bits per heavy atom. The van der Waals surface area contributed by atoms with E-state index in [-0.39, 0.29) is 5.54 Å². The predicted molar refractivity (Wildman–Crippen MR) is 46.8 cm³/mol. The van der Waals surface area contributed by atoms with Crippen LogP contribution in [0.15, 0.2) is 0 Å². The average Bonchev–Trinajstić information content (AvgIpc) is 2.62. The molecule has 3 aliphatic rings. The third kappa shape index (κ3) is 1.01. The van der Waals surface area contributed by atoms with Crippen molar-refractivity contribution in [3.8, 4) is 0 Å². The van der Waals surface area contributed by atoms with Crippen molar-refractivity contribution in [2.24, 2.45) is 11.7 Å². The minimum absolute atomic E-state index is 0.0735. The molecule has 3 unspecified atom stereocenters. The van der Waals surface area contributed by atoms with E-state index in [0.29, 0.717) is 12.2 Å². The summed E-state index contributed by atoms with van der Waals surface area (Å²) in [5.74, 6) is 0.943. The summed E-state index contributed by atoms with van der Waals surface area (Å²) in [6, 6.07) is 0. The summed E-state index contributed by atoms with van der Waals surface area (Å²) in [6.45, 7) is 0. The van der Waals surface area contributed by atoms with Gasteiger partial charge in [0, 0.05) is 5.54 Å². The Bertz CT molecular complexity index is 202. The molecule has 0 aromatic heterocycles. The summed E-state index contributed by atoms with van der Waals surface area (Å²) in [4.78, 5) is 0. The zero-order chi connectivity index (χ0) is 8.18. The molecule has 0 aromatic carbocycles. The number of hydrogen-bond donors (Lipinski definition) is 1. The molecular weight excluding hydrogens is 150 g/mol. The maximum atomic E-state index is 6.36. The average molecular weight is 167 g/mol. The molecule has 12 heavy (non-hydrogen) atoms. The molecule has 2 bridgehead atoms. The monoisotopic (exact) mass is 167 g/mol. The smallest absolute Gasteiger partial charge is 0.0760 e. The molecule has 3 fully saturated rings. The van der Waals surface area contributed by atoms with Crippen molar-refractivity contribution in [3.05, 3.63) is 0 Å². The fraction of sp³-hybridized carbons (Fsp3) is 1.00. The molecule has 2 heterocycles. The van der Waals surface area contributed by atoms with Gasteiger partial charge in [-0.15, -0.1) is 0 Å². The highest BCUT2D eigenvalue weighted by molar-refractivity contribution is 5.06. The van der Waals surface area contributed by atoms with E-state index in [1.807, 2.05) is 0 Å². The molecule has 0 amide bonds. The van der Waals surface area contributed by atoms with E-state index in [1.54, 1.807) is 0 Å². The Kier molecular flexibility index (Phi) is 1.37. The minimum atomic E-state index is 0.0735. The van der Waals surface area contributed by atoms with Gasteiger partial charge in [0.15, 0.2) is 0 Å². The first-order valence-corrected chi connectivity index (χ1v) is 5.21. The lowest BCUT2D eigenvalue weighted by molar-refractivity contribution is 0.0826. The molecule has 3 rings (SSSR count). The second kappa shape index (κ2) is 2.24. The molecule has 2 N–H and O–H groups in total. The molecular formula is C10H17NO. The lowest BCUT2D eigenvalue weighted by atomic mass is 9.79. The molecule has 0 radical (unpaired) electrons. The van der Waals surface area contributed by atoms with Gasteiger partial charge in [0.25, 0.3) is 0 Å². The van der Waals surface area contributed by atoms with E-state index in [4.69, 9.17) is 10.5 Å². The van der Waals surface area contributed by atoms with E-state index in [0.717, 1.165) is 12.3 Å². The first-order chi connectivity index (χ1) is 5.76. The van der Waals surface area contributed by atoms with Gasteiger partial charge in [-0.05, 0) is 31.6 Å². The lowest BCUT2D eigenvalue weighted by Crippen LogP contribution is -2.48. The number of ether oxygens (including phenoxy) is 1. The van der Waals surface area contributed by atoms with Crippen LogP contribution in [0.2, 0.25) is 0 Å². The molecule has 2 nitrogen and oxygen atoms in total. The van der Waals surface area contributed by atoms with Gasteiger partial charge >= 0.3 is 0 Å². The fourth-order valence-corrected chi connectivity index (χ4v) is 2.91. The SMILES string of the molecule is NC1(CC2CC2)CC2CCC1O2. The van der Waals surface area contributed by atoms with Crippen LogP contribution in [0.3, 0.4) is 0 Å². The highest BCUT2D eigenvalue weighted by Gasteiger charge is 2.51. The summed E-state index contributed by atoms with van der Waals surface area (Å²) in [5, 5.41) is 0. The van der Waals surface area contributed by atoms with Crippen molar-refractivity contribution in [1.29, 1.82) is 0 Å². The van der Waals surface area contributed by atoms with Crippen LogP contribution in [-0.2, 0) is 4.74 Å². The summed E-state index contributed by atoms with van der Waals surface area (Å²) >= 11 is 0. The molecule has 0 aromatic rings. The van der Waals surface area contributed by atoms with Gasteiger partial charge in [-0.2, -0.15) is 0 Å². The van der Waals surface area contributed by atoms with Crippen LogP contribution < -0.4 is 5.73 Å². The molecule has 68 valence electrons. The molecule has 1 saturated carbocycles. The molecule has 3 atom stereocenters. The van der Waals surface area contributed by atoms with Crippen LogP contribution in [0.1, 0.15) is 38.5 Å². The highest BCUT2D eigenvalue weighted by atomic mass is 16.5. The quantitative estimate of drug-likeness (QED) is 0.675. The maximum absolute atomic E-state index is 6.36. The Labute approximate surface area is 73.5 Å². The first kappa shape index (κ1) is 7.34. The predicted octanol–water partition coefficient (Wildman–Crippen LogP) is 1.44. The summed E-state index contributed by atoms with van der Waals surface area (Å²) in [7, 11) is 0. The van der Waals surface area contributed by atoms with Crippen molar-refractivity contribution in [2.75, 3.05) is 0 Å². The molecule has 2 heteroatoms. The second-order valence-corrected chi connectivity index (χ2v) is 4.91. The lowest BCUT2D eigenvalue weighted by Gasteiger charge is -2.31. The van der Waals surface area contributed by atoms with Crippen LogP contribution in [0.4, 0.5) is 0 Å². The second-order valence-electron chi connectivity index (χ2n) is 4.91. The number of rotatable bonds is 2. The normalized spacial score (nSPS) is 51.8. The van der Waals surface area contributed by atoms with Crippen LogP contribution in [0.25, 0.3) is 0 Å². The van der Waals surface area contributed by atoms with Crippen LogP contribution in [-0.4, -0.2) is 17.7 Å². The van der Waals surface area contributed by atoms with E-state index < -0.39 is 0 Å². The first-order valence-electron chi connectivity index (χ1n) is 5.21. The number of nitrogens with two attached hydrogens (primary N) is 1. The van der Waals surface area contributed by atoms with Crippen molar-refractivity contribution in [1.82, 2.24) is 0 Å². The third-order valence-electron chi connectivity index (χ3n) is 3.72. The standard InChI is InChI=1S/C10H17NO/c11-10(5-7-1-2-7)6-8-3-4-9(10)12-8/h7-9H,1-6,11H2. The van der Waals surface area contributed by atoms with Gasteiger partial charge in [0.05, 0.1) is 12.2 Å². The van der Waals surface area contributed by atoms with Gasteiger partial charge in [-0.25, -0.2) is 0 Å². The summed E-state index contributed by atoms with van der Waals surface area (Å²) in [6.07, 6.45) is 8.58. The zero-order valence-corrected chi connectivity index (χ0v) is 7.46. The van der Waals surface area contributed by atoms with Gasteiger partial charge in [-0.3, -0.25) is 0 Å². The summed E-state index contributed by atoms with van der Waals surface area (Å²) in [5.41, 5.74) is 6.43. The topological polar surface area (TPSA) is 35.2 Å². The number of fused-ring (bicyclic) bond motifs is 2. The number of hydrogen-bond acceptors (Lipinski definition) is 2. The van der Waals surface area contributed by atoms with Crippen LogP contribution in [0, 0.1) is 5.92 Å². The molecule has 1 aliphatic carbocycles. The van der Waals surface area contributed by atoms with Crippen molar-refractivity contribution in [3.63, 3.8) is 0 Å². The van der Waals surface area contributed by atoms with Gasteiger partial charge in [0.1, 0.15) is 0 Å². The van der Waals surface area contributed by atoms with Crippen LogP contribution in [0.5, 0.6) is 0 Å². The fourth-order valence-electron chi connectivity index (χ4n) is 2.91. The highest BCUT2D eigenvalue weighted by Crippen LogP contribution is 2.47. The van der Waals surface area contributed by atoms with E-state index in [9.17, 15) is 0 Å². The van der Waals surface area contributed by atoms with E-state index >= 15 is 0 Å². The van der Waals surface area contributed by atoms with Crippen LogP contribution >= 0.6 is 0 Å². The Morgan fingerprint density at radius 3 is 2.58 bits per heavy atom. The third-order valence-corrected chi connectivity index (χ3v) is 3.72. The molecule has 2 saturated heterocycles. The Hall–Kier alpha value is -0.0800. The van der Waals surface area contributed by atoms with E-state index in [2.05, 4.69) is 0 Å². The van der Waals surface area contributed by atoms with E-state index in [1.165, 1.54) is 32.1 Å². The Balaban J connectivity index is 1.73. The van der Waals surface area contributed by atoms with Gasteiger partial charge in [-0.1, -0.05) is 12.8 Å². The van der Waals surface area contributed by atoms with Crippen molar-refractivity contribution in [2.45, 2.75) is 56.3 Å². The largest absolute Gasteiger partial charge is 0.373 e. The van der Waals surface area contributed by atoms with Crippen molar-refractivity contribution >= 4 is 0 Å². The maximum Gasteiger partial charge on any atom is 0.0760 e. The zero-order valence-electron chi connectivity index (χ0n) is 7.46. The summed E-state index contributed by atoms with van der Waals surface area (Å²) < 4.78 is 5.79. The van der Waals surface area contributed by atoms with Crippen molar-refractivity contribution < 1.29 is 4.74 Å². The Morgan fingerprint density at radius 1 is 1.25 bits per heavy atom. The minimum Gasteiger partial charge on any atom is -0.373 e. The molecule has 2 aliphatic heterocycles. The molecule has 0 spiro atoms. The van der Waals surface area contributed by atoms with Gasteiger partial charge in [0.2, 0.25) is 0 Å². The van der Waals surface area contributed by atoms with Gasteiger partial charge < -0.3 is 10.5 Å².